The number of ether oxygens (including phenoxy) is 1. The largest absolute Gasteiger partial charge is 0.394 e. The van der Waals surface area contributed by atoms with E-state index in [9.17, 15) is 0 Å². The molecule has 5 heteroatoms. The third-order valence-corrected chi connectivity index (χ3v) is 3.55. The summed E-state index contributed by atoms with van der Waals surface area (Å²) in [6, 6.07) is 0. The Morgan fingerprint density at radius 3 is 2.89 bits per heavy atom. The van der Waals surface area contributed by atoms with Crippen molar-refractivity contribution in [3.63, 3.8) is 0 Å². The zero-order chi connectivity index (χ0) is 13.1. The topological polar surface area (TPSA) is 50.5 Å². The van der Waals surface area contributed by atoms with Crippen LogP contribution in [0.3, 0.4) is 0 Å². The summed E-state index contributed by atoms with van der Waals surface area (Å²) in [6.45, 7) is 10.6. The Morgan fingerprint density at radius 2 is 2.22 bits per heavy atom. The summed E-state index contributed by atoms with van der Waals surface area (Å²) in [7, 11) is 0. The van der Waals surface area contributed by atoms with Gasteiger partial charge in [-0.05, 0) is 20.8 Å². The summed E-state index contributed by atoms with van der Waals surface area (Å²) >= 11 is 0. The van der Waals surface area contributed by atoms with Crippen molar-refractivity contribution in [2.75, 3.05) is 26.3 Å². The van der Waals surface area contributed by atoms with E-state index in [2.05, 4.69) is 23.8 Å². The molecule has 2 rings (SSSR count). The lowest BCUT2D eigenvalue weighted by molar-refractivity contribution is -0.0213. The second kappa shape index (κ2) is 5.82. The normalized spacial score (nSPS) is 21.4. The summed E-state index contributed by atoms with van der Waals surface area (Å²) < 4.78 is 7.45. The molecule has 0 aromatic carbocycles. The van der Waals surface area contributed by atoms with E-state index in [0.29, 0.717) is 12.6 Å². The minimum Gasteiger partial charge on any atom is -0.394 e. The average molecular weight is 253 g/mol. The highest BCUT2D eigenvalue weighted by molar-refractivity contribution is 5.24. The van der Waals surface area contributed by atoms with Crippen molar-refractivity contribution < 1.29 is 9.84 Å². The molecule has 0 amide bonds. The number of nitrogens with zero attached hydrogens (tertiary/aromatic N) is 3. The lowest BCUT2D eigenvalue weighted by atomic mass is 10.1. The minimum atomic E-state index is 0.135. The molecule has 18 heavy (non-hydrogen) atoms. The van der Waals surface area contributed by atoms with Crippen molar-refractivity contribution in [2.45, 2.75) is 40.0 Å². The Hall–Kier alpha value is -0.910. The quantitative estimate of drug-likeness (QED) is 0.859. The van der Waals surface area contributed by atoms with Gasteiger partial charge in [0.05, 0.1) is 31.6 Å². The summed E-state index contributed by atoms with van der Waals surface area (Å²) in [5.74, 6) is 0. The molecule has 0 saturated carbocycles. The predicted molar refractivity (Wildman–Crippen MR) is 69.5 cm³/mol. The van der Waals surface area contributed by atoms with E-state index in [4.69, 9.17) is 9.84 Å². The van der Waals surface area contributed by atoms with Crippen LogP contribution in [-0.2, 0) is 17.8 Å². The van der Waals surface area contributed by atoms with E-state index in [1.165, 1.54) is 11.3 Å². The Balaban J connectivity index is 2.08. The van der Waals surface area contributed by atoms with Crippen LogP contribution in [-0.4, -0.2) is 52.2 Å². The molecule has 1 N–H and O–H groups in total. The molecule has 5 nitrogen and oxygen atoms in total. The van der Waals surface area contributed by atoms with Crippen LogP contribution in [0.4, 0.5) is 0 Å². The molecule has 1 aromatic heterocycles. The third-order valence-electron chi connectivity index (χ3n) is 3.55. The fraction of sp³-hybridized carbons (Fsp3) is 0.769. The first-order valence-electron chi connectivity index (χ1n) is 6.59. The van der Waals surface area contributed by atoms with Crippen LogP contribution in [0.2, 0.25) is 0 Å². The van der Waals surface area contributed by atoms with Crippen LogP contribution in [0.1, 0.15) is 23.9 Å². The maximum Gasteiger partial charge on any atom is 0.0674 e. The molecule has 102 valence electrons. The molecule has 1 unspecified atom stereocenters. The molecule has 0 radical (unpaired) electrons. The molecule has 1 saturated heterocycles. The molecular weight excluding hydrogens is 230 g/mol. The van der Waals surface area contributed by atoms with E-state index in [1.54, 1.807) is 0 Å². The zero-order valence-corrected chi connectivity index (χ0v) is 11.5. The van der Waals surface area contributed by atoms with Gasteiger partial charge < -0.3 is 9.84 Å². The van der Waals surface area contributed by atoms with Gasteiger partial charge in [-0.25, -0.2) is 0 Å². The first kappa shape index (κ1) is 13.5. The number of aromatic nitrogens is 2. The average Bonchev–Trinajstić information content (AvgIpc) is 2.58. The Labute approximate surface area is 108 Å². The van der Waals surface area contributed by atoms with E-state index in [0.717, 1.165) is 31.9 Å². The highest BCUT2D eigenvalue weighted by Crippen LogP contribution is 2.17. The van der Waals surface area contributed by atoms with Gasteiger partial charge in [0.25, 0.3) is 0 Å². The zero-order valence-electron chi connectivity index (χ0n) is 11.5. The Morgan fingerprint density at radius 1 is 1.44 bits per heavy atom. The van der Waals surface area contributed by atoms with Crippen LogP contribution >= 0.6 is 0 Å². The van der Waals surface area contributed by atoms with Crippen LogP contribution in [0.15, 0.2) is 0 Å². The molecule has 0 spiro atoms. The molecule has 0 bridgehead atoms. The van der Waals surface area contributed by atoms with Gasteiger partial charge in [-0.1, -0.05) is 0 Å². The number of aliphatic hydroxyl groups excluding tert-OH is 1. The third kappa shape index (κ3) is 2.91. The number of morpholine rings is 1. The molecule has 1 atom stereocenters. The van der Waals surface area contributed by atoms with Crippen LogP contribution in [0, 0.1) is 13.8 Å². The number of rotatable bonds is 4. The van der Waals surface area contributed by atoms with Gasteiger partial charge in [-0.3, -0.25) is 9.58 Å². The summed E-state index contributed by atoms with van der Waals surface area (Å²) in [5.41, 5.74) is 3.53. The smallest absolute Gasteiger partial charge is 0.0674 e. The predicted octanol–water partition coefficient (Wildman–Crippen LogP) is 0.713. The monoisotopic (exact) mass is 253 g/mol. The van der Waals surface area contributed by atoms with Crippen LogP contribution in [0.5, 0.6) is 0 Å². The second-order valence-corrected chi connectivity index (χ2v) is 5.01. The van der Waals surface area contributed by atoms with Gasteiger partial charge in [-0.2, -0.15) is 5.10 Å². The van der Waals surface area contributed by atoms with Crippen molar-refractivity contribution in [2.24, 2.45) is 0 Å². The van der Waals surface area contributed by atoms with Gasteiger partial charge in [0.1, 0.15) is 0 Å². The molecule has 1 aliphatic heterocycles. The van der Waals surface area contributed by atoms with Gasteiger partial charge in [-0.15, -0.1) is 0 Å². The molecule has 1 aromatic rings. The molecule has 2 heterocycles. The highest BCUT2D eigenvalue weighted by Gasteiger charge is 2.20. The van der Waals surface area contributed by atoms with Gasteiger partial charge in [0, 0.05) is 30.9 Å². The van der Waals surface area contributed by atoms with E-state index in [1.807, 2.05) is 11.6 Å². The van der Waals surface area contributed by atoms with E-state index < -0.39 is 0 Å². The summed E-state index contributed by atoms with van der Waals surface area (Å²) in [4.78, 5) is 2.41. The van der Waals surface area contributed by atoms with Crippen LogP contribution < -0.4 is 0 Å². The van der Waals surface area contributed by atoms with Crippen molar-refractivity contribution in [1.82, 2.24) is 14.7 Å². The molecule has 0 aliphatic carbocycles. The number of aryl methyl sites for hydroxylation is 1. The lowest BCUT2D eigenvalue weighted by Crippen LogP contribution is -2.40. The van der Waals surface area contributed by atoms with Crippen molar-refractivity contribution >= 4 is 0 Å². The Kier molecular flexibility index (Phi) is 4.37. The van der Waals surface area contributed by atoms with Gasteiger partial charge in [0.2, 0.25) is 0 Å². The van der Waals surface area contributed by atoms with E-state index in [-0.39, 0.29) is 6.61 Å². The molecule has 1 fully saturated rings. The van der Waals surface area contributed by atoms with Crippen molar-refractivity contribution in [3.05, 3.63) is 17.0 Å². The fourth-order valence-corrected chi connectivity index (χ4v) is 2.53. The van der Waals surface area contributed by atoms with Crippen molar-refractivity contribution in [3.8, 4) is 0 Å². The molecule has 1 aliphatic rings. The highest BCUT2D eigenvalue weighted by atomic mass is 16.5. The lowest BCUT2D eigenvalue weighted by Gasteiger charge is -2.31. The maximum absolute atomic E-state index is 9.01. The molecular formula is C13H23N3O2. The second-order valence-electron chi connectivity index (χ2n) is 5.01. The number of hydrogen-bond acceptors (Lipinski definition) is 4. The minimum absolute atomic E-state index is 0.135. The van der Waals surface area contributed by atoms with Gasteiger partial charge >= 0.3 is 0 Å². The first-order chi connectivity index (χ1) is 8.61. The SMILES string of the molecule is Cc1nn(CCO)c(C)c1CN1CCOC(C)C1. The standard InChI is InChI=1S/C13H23N3O2/c1-10-8-15(5-7-18-10)9-13-11(2)14-16(4-6-17)12(13)3/h10,17H,4-9H2,1-3H3. The number of aliphatic hydroxyl groups is 1. The van der Waals surface area contributed by atoms with Crippen LogP contribution in [0.25, 0.3) is 0 Å². The van der Waals surface area contributed by atoms with E-state index >= 15 is 0 Å². The van der Waals surface area contributed by atoms with Gasteiger partial charge in [0.15, 0.2) is 0 Å². The van der Waals surface area contributed by atoms with Crippen molar-refractivity contribution in [1.29, 1.82) is 0 Å². The Bertz CT molecular complexity index is 403. The summed E-state index contributed by atoms with van der Waals surface area (Å²) in [5, 5.41) is 13.5. The maximum atomic E-state index is 9.01. The first-order valence-corrected chi connectivity index (χ1v) is 6.59. The summed E-state index contributed by atoms with van der Waals surface area (Å²) in [6.07, 6.45) is 0.312. The fourth-order valence-electron chi connectivity index (χ4n) is 2.53. The number of hydrogen-bond donors (Lipinski definition) is 1.